The predicted molar refractivity (Wildman–Crippen MR) is 91.3 cm³/mol. The smallest absolute Gasteiger partial charge is 0.251 e. The monoisotopic (exact) mass is 367 g/mol. The minimum atomic E-state index is -3.73. The molecule has 134 valence electrons. The van der Waals surface area contributed by atoms with E-state index >= 15 is 0 Å². The summed E-state index contributed by atoms with van der Waals surface area (Å²) in [6.45, 7) is 1.30. The minimum absolute atomic E-state index is 0.105. The molecule has 1 aromatic carbocycles. The van der Waals surface area contributed by atoms with Crippen molar-refractivity contribution in [1.82, 2.24) is 8.87 Å². The van der Waals surface area contributed by atoms with E-state index in [2.05, 4.69) is 5.32 Å². The van der Waals surface area contributed by atoms with E-state index in [1.165, 1.54) is 38.4 Å². The average molecular weight is 367 g/mol. The predicted octanol–water partition coefficient (Wildman–Crippen LogP) is 1.18. The van der Waals surface area contributed by atoms with Gasteiger partial charge in [-0.2, -0.15) is 0 Å². The first-order valence-electron chi connectivity index (χ1n) is 7.30. The van der Waals surface area contributed by atoms with Gasteiger partial charge in [-0.25, -0.2) is 17.1 Å². The van der Waals surface area contributed by atoms with Gasteiger partial charge < -0.3 is 9.88 Å². The van der Waals surface area contributed by atoms with E-state index in [0.29, 0.717) is 5.56 Å². The Morgan fingerprint density at radius 3 is 2.56 bits per heavy atom. The zero-order valence-corrected chi connectivity index (χ0v) is 14.8. The summed E-state index contributed by atoms with van der Waals surface area (Å²) in [5, 5.41) is 2.51. The summed E-state index contributed by atoms with van der Waals surface area (Å²) in [7, 11) is -1.00. The molecule has 0 bridgehead atoms. The van der Waals surface area contributed by atoms with Gasteiger partial charge in [-0.3, -0.25) is 9.59 Å². The normalized spacial score (nSPS) is 11.6. The van der Waals surface area contributed by atoms with Gasteiger partial charge in [-0.05, 0) is 30.7 Å². The molecule has 0 fully saturated rings. The number of nitrogens with zero attached hydrogens (tertiary/aromatic N) is 2. The first kappa shape index (κ1) is 18.8. The van der Waals surface area contributed by atoms with Gasteiger partial charge in [0.15, 0.2) is 0 Å². The number of halogens is 1. The number of rotatable bonds is 5. The topological polar surface area (TPSA) is 88.5 Å². The number of pyridine rings is 1. The van der Waals surface area contributed by atoms with E-state index in [1.54, 1.807) is 6.92 Å². The molecule has 0 spiro atoms. The summed E-state index contributed by atoms with van der Waals surface area (Å²) in [4.78, 5) is 23.9. The summed E-state index contributed by atoms with van der Waals surface area (Å²) in [6, 6.07) is 6.22. The molecule has 0 radical (unpaired) electrons. The number of aryl methyl sites for hydroxylation is 1. The van der Waals surface area contributed by atoms with Crippen molar-refractivity contribution in [3.63, 3.8) is 0 Å². The summed E-state index contributed by atoms with van der Waals surface area (Å²) >= 11 is 0. The number of hydrogen-bond donors (Lipinski definition) is 1. The van der Waals surface area contributed by atoms with Crippen molar-refractivity contribution in [3.8, 4) is 0 Å². The van der Waals surface area contributed by atoms with Gasteiger partial charge in [0.1, 0.15) is 12.4 Å². The summed E-state index contributed by atoms with van der Waals surface area (Å²) in [5.41, 5.74) is 0.421. The number of anilines is 1. The second-order valence-electron chi connectivity index (χ2n) is 5.63. The Bertz CT molecular complexity index is 968. The van der Waals surface area contributed by atoms with E-state index in [0.717, 1.165) is 21.1 Å². The molecule has 1 heterocycles. The lowest BCUT2D eigenvalue weighted by Crippen LogP contribution is -2.29. The van der Waals surface area contributed by atoms with Crippen molar-refractivity contribution in [1.29, 1.82) is 0 Å². The van der Waals surface area contributed by atoms with Gasteiger partial charge in [0.05, 0.1) is 4.90 Å². The lowest BCUT2D eigenvalue weighted by atomic mass is 10.2. The number of amides is 1. The van der Waals surface area contributed by atoms with E-state index in [-0.39, 0.29) is 10.6 Å². The Balaban J connectivity index is 2.26. The van der Waals surface area contributed by atoms with Crippen molar-refractivity contribution in [2.24, 2.45) is 0 Å². The number of aromatic nitrogens is 1. The van der Waals surface area contributed by atoms with Crippen molar-refractivity contribution in [3.05, 3.63) is 58.3 Å². The maximum Gasteiger partial charge on any atom is 0.251 e. The third-order valence-corrected chi connectivity index (χ3v) is 5.32. The standard InChI is InChI=1S/C16H18FN3O4S/c1-11-4-5-12(17)8-14(11)18-15(21)10-20-9-13(6-7-16(20)22)25(23,24)19(2)3/h4-9H,10H2,1-3H3,(H,18,21). The zero-order valence-electron chi connectivity index (χ0n) is 14.0. The number of carbonyl (C=O) groups is 1. The summed E-state index contributed by atoms with van der Waals surface area (Å²) in [5.74, 6) is -1.08. The third kappa shape index (κ3) is 4.31. The van der Waals surface area contributed by atoms with Crippen LogP contribution in [0.2, 0.25) is 0 Å². The van der Waals surface area contributed by atoms with Gasteiger partial charge in [-0.15, -0.1) is 0 Å². The fourth-order valence-electron chi connectivity index (χ4n) is 2.07. The van der Waals surface area contributed by atoms with Crippen LogP contribution in [0.15, 0.2) is 46.2 Å². The SMILES string of the molecule is Cc1ccc(F)cc1NC(=O)Cn1cc(S(=O)(=O)N(C)C)ccc1=O. The third-order valence-electron chi connectivity index (χ3n) is 3.52. The van der Waals surface area contributed by atoms with Crippen molar-refractivity contribution in [2.45, 2.75) is 18.4 Å². The fourth-order valence-corrected chi connectivity index (χ4v) is 2.99. The highest BCUT2D eigenvalue weighted by Gasteiger charge is 2.18. The van der Waals surface area contributed by atoms with Gasteiger partial charge in [0.25, 0.3) is 5.56 Å². The number of hydrogen-bond acceptors (Lipinski definition) is 4. The van der Waals surface area contributed by atoms with Crippen LogP contribution in [0.5, 0.6) is 0 Å². The van der Waals surface area contributed by atoms with E-state index in [4.69, 9.17) is 0 Å². The van der Waals surface area contributed by atoms with Gasteiger partial charge in [0, 0.05) is 32.0 Å². The van der Waals surface area contributed by atoms with E-state index < -0.39 is 33.9 Å². The molecule has 0 atom stereocenters. The maximum absolute atomic E-state index is 13.3. The van der Waals surface area contributed by atoms with Crippen LogP contribution in [0.3, 0.4) is 0 Å². The fraction of sp³-hybridized carbons (Fsp3) is 0.250. The molecule has 9 heteroatoms. The molecular weight excluding hydrogens is 349 g/mol. The molecule has 0 aliphatic heterocycles. The Morgan fingerprint density at radius 1 is 1.24 bits per heavy atom. The van der Waals surface area contributed by atoms with Crippen LogP contribution in [0.4, 0.5) is 10.1 Å². The van der Waals surface area contributed by atoms with Crippen LogP contribution >= 0.6 is 0 Å². The van der Waals surface area contributed by atoms with Gasteiger partial charge in [0.2, 0.25) is 15.9 Å². The first-order chi connectivity index (χ1) is 11.6. The largest absolute Gasteiger partial charge is 0.324 e. The zero-order chi connectivity index (χ0) is 18.8. The molecule has 2 rings (SSSR count). The van der Waals surface area contributed by atoms with Gasteiger partial charge >= 0.3 is 0 Å². The maximum atomic E-state index is 13.3. The molecule has 1 N–H and O–H groups in total. The number of nitrogens with one attached hydrogen (secondary N) is 1. The Hall–Kier alpha value is -2.52. The second-order valence-corrected chi connectivity index (χ2v) is 7.78. The number of carbonyl (C=O) groups excluding carboxylic acids is 1. The van der Waals surface area contributed by atoms with Crippen molar-refractivity contribution >= 4 is 21.6 Å². The summed E-state index contributed by atoms with van der Waals surface area (Å²) in [6.07, 6.45) is 1.11. The highest BCUT2D eigenvalue weighted by Crippen LogP contribution is 2.16. The van der Waals surface area contributed by atoms with Gasteiger partial charge in [-0.1, -0.05) is 6.07 Å². The number of benzene rings is 1. The quantitative estimate of drug-likeness (QED) is 0.860. The molecular formula is C16H18FN3O4S. The highest BCUT2D eigenvalue weighted by molar-refractivity contribution is 7.89. The lowest BCUT2D eigenvalue weighted by molar-refractivity contribution is -0.116. The number of sulfonamides is 1. The molecule has 0 saturated heterocycles. The summed E-state index contributed by atoms with van der Waals surface area (Å²) < 4.78 is 39.5. The molecule has 2 aromatic rings. The van der Waals surface area contributed by atoms with Crippen LogP contribution in [0, 0.1) is 12.7 Å². The molecule has 1 aromatic heterocycles. The molecule has 7 nitrogen and oxygen atoms in total. The Labute approximate surface area is 144 Å². The first-order valence-corrected chi connectivity index (χ1v) is 8.74. The molecule has 0 aliphatic carbocycles. The van der Waals surface area contributed by atoms with Crippen molar-refractivity contribution in [2.75, 3.05) is 19.4 Å². The van der Waals surface area contributed by atoms with Crippen LogP contribution in [0.25, 0.3) is 0 Å². The molecule has 1 amide bonds. The molecule has 25 heavy (non-hydrogen) atoms. The van der Waals surface area contributed by atoms with Crippen LogP contribution in [-0.4, -0.2) is 37.3 Å². The molecule has 0 aliphatic rings. The average Bonchev–Trinajstić information content (AvgIpc) is 2.52. The minimum Gasteiger partial charge on any atom is -0.324 e. The van der Waals surface area contributed by atoms with Crippen LogP contribution < -0.4 is 10.9 Å². The van der Waals surface area contributed by atoms with E-state index in [1.807, 2.05) is 0 Å². The second kappa shape index (κ2) is 7.16. The molecule has 0 saturated carbocycles. The Morgan fingerprint density at radius 2 is 1.92 bits per heavy atom. The highest BCUT2D eigenvalue weighted by atomic mass is 32.2. The van der Waals surface area contributed by atoms with Crippen molar-refractivity contribution < 1.29 is 17.6 Å². The van der Waals surface area contributed by atoms with Crippen LogP contribution in [-0.2, 0) is 21.4 Å². The van der Waals surface area contributed by atoms with Crippen LogP contribution in [0.1, 0.15) is 5.56 Å². The Kier molecular flexibility index (Phi) is 5.39. The molecule has 0 unspecified atom stereocenters. The van der Waals surface area contributed by atoms with E-state index in [9.17, 15) is 22.4 Å². The lowest BCUT2D eigenvalue weighted by Gasteiger charge is -2.13.